The van der Waals surface area contributed by atoms with Gasteiger partial charge in [0.25, 0.3) is 0 Å². The van der Waals surface area contributed by atoms with Gasteiger partial charge in [-0.2, -0.15) is 11.8 Å². The van der Waals surface area contributed by atoms with Gasteiger partial charge in [-0.25, -0.2) is 0 Å². The Kier molecular flexibility index (Phi) is 4.97. The highest BCUT2D eigenvalue weighted by atomic mass is 32.2. The van der Waals surface area contributed by atoms with Crippen molar-refractivity contribution >= 4 is 17.7 Å². The normalized spacial score (nSPS) is 26.4. The van der Waals surface area contributed by atoms with Crippen molar-refractivity contribution in [2.45, 2.75) is 38.1 Å². The Hall–Kier alpha value is -0.220. The molecule has 1 amide bonds. The van der Waals surface area contributed by atoms with Gasteiger partial charge in [0.05, 0.1) is 0 Å². The quantitative estimate of drug-likeness (QED) is 0.741. The van der Waals surface area contributed by atoms with E-state index in [1.54, 1.807) is 0 Å². The molecule has 0 saturated carbocycles. The van der Waals surface area contributed by atoms with Crippen molar-refractivity contribution in [1.82, 2.24) is 10.2 Å². The Bertz CT molecular complexity index is 229. The molecule has 1 atom stereocenters. The van der Waals surface area contributed by atoms with Gasteiger partial charge in [0.1, 0.15) is 0 Å². The third kappa shape index (κ3) is 3.67. The van der Waals surface area contributed by atoms with Crippen molar-refractivity contribution in [3.05, 3.63) is 0 Å². The first-order valence-electron chi connectivity index (χ1n) is 6.45. The summed E-state index contributed by atoms with van der Waals surface area (Å²) < 4.78 is 0. The maximum Gasteiger partial charge on any atom is 0.222 e. The number of hydrogen-bond acceptors (Lipinski definition) is 3. The minimum atomic E-state index is 0.364. The highest BCUT2D eigenvalue weighted by Crippen LogP contribution is 2.17. The minimum absolute atomic E-state index is 0.364. The number of thioether (sulfide) groups is 1. The number of likely N-dealkylation sites (tertiary alicyclic amines) is 1. The topological polar surface area (TPSA) is 32.3 Å². The molecule has 0 bridgehead atoms. The van der Waals surface area contributed by atoms with Gasteiger partial charge in [0, 0.05) is 31.3 Å². The Morgan fingerprint density at radius 3 is 3.12 bits per heavy atom. The van der Waals surface area contributed by atoms with Crippen molar-refractivity contribution < 1.29 is 4.79 Å². The predicted molar refractivity (Wildman–Crippen MR) is 68.8 cm³/mol. The molecule has 0 aliphatic carbocycles. The second kappa shape index (κ2) is 6.50. The zero-order valence-corrected chi connectivity index (χ0v) is 10.7. The van der Waals surface area contributed by atoms with E-state index >= 15 is 0 Å². The molecule has 3 nitrogen and oxygen atoms in total. The summed E-state index contributed by atoms with van der Waals surface area (Å²) in [5.74, 6) is 2.94. The van der Waals surface area contributed by atoms with E-state index in [1.165, 1.54) is 24.3 Å². The standard InChI is InChI=1S/C12H22N2OS/c15-12-4-1-2-7-14(12)8-3-6-13-11-5-9-16-10-11/h11,13H,1-10H2. The van der Waals surface area contributed by atoms with Crippen molar-refractivity contribution in [2.24, 2.45) is 0 Å². The van der Waals surface area contributed by atoms with E-state index in [1.807, 2.05) is 16.7 Å². The number of carbonyl (C=O) groups excluding carboxylic acids is 1. The van der Waals surface area contributed by atoms with Crippen LogP contribution in [0.4, 0.5) is 0 Å². The lowest BCUT2D eigenvalue weighted by atomic mass is 10.1. The number of rotatable bonds is 5. The number of amides is 1. The minimum Gasteiger partial charge on any atom is -0.343 e. The zero-order chi connectivity index (χ0) is 11.2. The molecule has 1 N–H and O–H groups in total. The van der Waals surface area contributed by atoms with Crippen LogP contribution in [0.25, 0.3) is 0 Å². The summed E-state index contributed by atoms with van der Waals surface area (Å²) in [4.78, 5) is 13.6. The summed E-state index contributed by atoms with van der Waals surface area (Å²) in [6.07, 6.45) is 5.47. The molecule has 2 aliphatic rings. The zero-order valence-electron chi connectivity index (χ0n) is 9.91. The smallest absolute Gasteiger partial charge is 0.222 e. The van der Waals surface area contributed by atoms with Crippen LogP contribution in [0.3, 0.4) is 0 Å². The molecule has 4 heteroatoms. The van der Waals surface area contributed by atoms with E-state index in [-0.39, 0.29) is 0 Å². The van der Waals surface area contributed by atoms with Crippen LogP contribution < -0.4 is 5.32 Å². The molecule has 0 aromatic carbocycles. The van der Waals surface area contributed by atoms with Crippen molar-refractivity contribution in [3.8, 4) is 0 Å². The summed E-state index contributed by atoms with van der Waals surface area (Å²) in [5, 5.41) is 3.58. The first-order valence-corrected chi connectivity index (χ1v) is 7.60. The molecule has 0 aromatic rings. The molecule has 92 valence electrons. The highest BCUT2D eigenvalue weighted by Gasteiger charge is 2.18. The summed E-state index contributed by atoms with van der Waals surface area (Å²) in [6, 6.07) is 0.724. The maximum absolute atomic E-state index is 11.5. The molecule has 2 aliphatic heterocycles. The number of nitrogens with zero attached hydrogens (tertiary/aromatic N) is 1. The van der Waals surface area contributed by atoms with Gasteiger partial charge in [-0.1, -0.05) is 0 Å². The molecule has 1 unspecified atom stereocenters. The van der Waals surface area contributed by atoms with Gasteiger partial charge in [-0.05, 0) is 38.0 Å². The fourth-order valence-corrected chi connectivity index (χ4v) is 3.56. The molecule has 2 heterocycles. The SMILES string of the molecule is O=C1CCCCN1CCCNC1CCSC1. The monoisotopic (exact) mass is 242 g/mol. The van der Waals surface area contributed by atoms with Crippen molar-refractivity contribution in [2.75, 3.05) is 31.1 Å². The van der Waals surface area contributed by atoms with Crippen molar-refractivity contribution in [3.63, 3.8) is 0 Å². The van der Waals surface area contributed by atoms with Crippen LogP contribution in [0.5, 0.6) is 0 Å². The lowest BCUT2D eigenvalue weighted by Crippen LogP contribution is -2.38. The molecule has 16 heavy (non-hydrogen) atoms. The Balaban J connectivity index is 1.54. The van der Waals surface area contributed by atoms with E-state index in [9.17, 15) is 4.79 Å². The van der Waals surface area contributed by atoms with E-state index in [0.717, 1.165) is 44.9 Å². The van der Waals surface area contributed by atoms with Gasteiger partial charge in [-0.15, -0.1) is 0 Å². The van der Waals surface area contributed by atoms with Crippen LogP contribution in [-0.2, 0) is 4.79 Å². The van der Waals surface area contributed by atoms with Crippen LogP contribution in [0, 0.1) is 0 Å². The molecule has 0 spiro atoms. The summed E-state index contributed by atoms with van der Waals surface area (Å²) in [6.45, 7) is 3.00. The number of hydrogen-bond donors (Lipinski definition) is 1. The average Bonchev–Trinajstić information content (AvgIpc) is 2.79. The van der Waals surface area contributed by atoms with Crippen molar-refractivity contribution in [1.29, 1.82) is 0 Å². The van der Waals surface area contributed by atoms with Gasteiger partial charge >= 0.3 is 0 Å². The second-order valence-corrected chi connectivity index (χ2v) is 5.86. The first kappa shape index (κ1) is 12.2. The number of piperidine rings is 1. The molecule has 0 radical (unpaired) electrons. The molecular weight excluding hydrogens is 220 g/mol. The summed E-state index contributed by atoms with van der Waals surface area (Å²) in [7, 11) is 0. The maximum atomic E-state index is 11.5. The van der Waals surface area contributed by atoms with E-state index < -0.39 is 0 Å². The van der Waals surface area contributed by atoms with Crippen LogP contribution in [-0.4, -0.2) is 48.0 Å². The van der Waals surface area contributed by atoms with Crippen LogP contribution in [0.15, 0.2) is 0 Å². The van der Waals surface area contributed by atoms with E-state index in [0.29, 0.717) is 5.91 Å². The number of nitrogens with one attached hydrogen (secondary N) is 1. The first-order chi connectivity index (χ1) is 7.86. The molecule has 2 saturated heterocycles. The average molecular weight is 242 g/mol. The van der Waals surface area contributed by atoms with Crippen LogP contribution >= 0.6 is 11.8 Å². The Labute approximate surface area is 102 Å². The molecule has 2 fully saturated rings. The largest absolute Gasteiger partial charge is 0.343 e. The fourth-order valence-electron chi connectivity index (χ4n) is 2.37. The Morgan fingerprint density at radius 1 is 1.44 bits per heavy atom. The number of carbonyl (C=O) groups is 1. The fraction of sp³-hybridized carbons (Fsp3) is 0.917. The Morgan fingerprint density at radius 2 is 2.38 bits per heavy atom. The van der Waals surface area contributed by atoms with Crippen LogP contribution in [0.1, 0.15) is 32.1 Å². The summed E-state index contributed by atoms with van der Waals surface area (Å²) in [5.41, 5.74) is 0. The summed E-state index contributed by atoms with van der Waals surface area (Å²) >= 11 is 2.04. The van der Waals surface area contributed by atoms with Gasteiger partial charge in [-0.3, -0.25) is 4.79 Å². The van der Waals surface area contributed by atoms with E-state index in [2.05, 4.69) is 5.32 Å². The van der Waals surface area contributed by atoms with Gasteiger partial charge in [0.2, 0.25) is 5.91 Å². The molecule has 0 aromatic heterocycles. The van der Waals surface area contributed by atoms with E-state index in [4.69, 9.17) is 0 Å². The lowest BCUT2D eigenvalue weighted by Gasteiger charge is -2.26. The predicted octanol–water partition coefficient (Wildman–Crippen LogP) is 1.48. The molecular formula is C12H22N2OS. The lowest BCUT2D eigenvalue weighted by molar-refractivity contribution is -0.133. The van der Waals surface area contributed by atoms with Crippen LogP contribution in [0.2, 0.25) is 0 Å². The third-order valence-corrected chi connectivity index (χ3v) is 4.55. The second-order valence-electron chi connectivity index (χ2n) is 4.71. The van der Waals surface area contributed by atoms with Gasteiger partial charge < -0.3 is 10.2 Å². The molecule has 2 rings (SSSR count). The van der Waals surface area contributed by atoms with Gasteiger partial charge in [0.15, 0.2) is 0 Å². The third-order valence-electron chi connectivity index (χ3n) is 3.39. The highest BCUT2D eigenvalue weighted by molar-refractivity contribution is 7.99.